The molecule has 1 rings (SSSR count). The third kappa shape index (κ3) is 4.64. The molecular weight excluding hydrogens is 232 g/mol. The molecule has 0 heterocycles. The quantitative estimate of drug-likeness (QED) is 0.691. The molecule has 18 heavy (non-hydrogen) atoms. The van der Waals surface area contributed by atoms with Gasteiger partial charge in [0.2, 0.25) is 5.91 Å². The monoisotopic (exact) mass is 256 g/mol. The van der Waals surface area contributed by atoms with E-state index in [2.05, 4.69) is 15.4 Å². The van der Waals surface area contributed by atoms with Gasteiger partial charge in [0, 0.05) is 6.04 Å². The highest BCUT2D eigenvalue weighted by atomic mass is 16.5. The molecule has 0 aliphatic heterocycles. The Bertz CT molecular complexity index is 286. The number of esters is 1. The number of rotatable bonds is 6. The maximum absolute atomic E-state index is 11.8. The number of ether oxygens (including phenoxy) is 1. The van der Waals surface area contributed by atoms with Gasteiger partial charge in [0.05, 0.1) is 13.7 Å². The summed E-state index contributed by atoms with van der Waals surface area (Å²) in [5.41, 5.74) is 0. The van der Waals surface area contributed by atoms with E-state index in [4.69, 9.17) is 0 Å². The summed E-state index contributed by atoms with van der Waals surface area (Å²) >= 11 is 0. The molecule has 1 fully saturated rings. The fourth-order valence-corrected chi connectivity index (χ4v) is 2.22. The first kappa shape index (κ1) is 15.0. The van der Waals surface area contributed by atoms with E-state index in [-0.39, 0.29) is 24.3 Å². The first-order valence-corrected chi connectivity index (χ1v) is 6.65. The lowest BCUT2D eigenvalue weighted by atomic mass is 10.0. The summed E-state index contributed by atoms with van der Waals surface area (Å²) in [6.45, 7) is 4.03. The predicted octanol–water partition coefficient (Wildman–Crippen LogP) is 0.832. The second-order valence-electron chi connectivity index (χ2n) is 5.17. The van der Waals surface area contributed by atoms with Crippen molar-refractivity contribution < 1.29 is 14.3 Å². The molecule has 1 aliphatic carbocycles. The van der Waals surface area contributed by atoms with Crippen LogP contribution in [0.3, 0.4) is 0 Å². The average Bonchev–Trinajstić information content (AvgIpc) is 2.85. The van der Waals surface area contributed by atoms with Crippen LogP contribution in [-0.2, 0) is 14.3 Å². The van der Waals surface area contributed by atoms with E-state index in [9.17, 15) is 9.59 Å². The molecule has 0 radical (unpaired) electrons. The highest BCUT2D eigenvalue weighted by Gasteiger charge is 2.25. The lowest BCUT2D eigenvalue weighted by Gasteiger charge is -2.20. The van der Waals surface area contributed by atoms with Crippen LogP contribution >= 0.6 is 0 Å². The summed E-state index contributed by atoms with van der Waals surface area (Å²) in [6.07, 6.45) is 4.74. The molecule has 0 saturated heterocycles. The Hall–Kier alpha value is -1.10. The molecule has 5 heteroatoms. The smallest absolute Gasteiger partial charge is 0.328 e. The highest BCUT2D eigenvalue weighted by Crippen LogP contribution is 2.17. The second kappa shape index (κ2) is 7.36. The van der Waals surface area contributed by atoms with E-state index >= 15 is 0 Å². The van der Waals surface area contributed by atoms with Crippen LogP contribution in [-0.4, -0.2) is 37.6 Å². The molecule has 0 aromatic heterocycles. The minimum Gasteiger partial charge on any atom is -0.467 e. The summed E-state index contributed by atoms with van der Waals surface area (Å²) in [5.74, 6) is -0.516. The van der Waals surface area contributed by atoms with Crippen molar-refractivity contribution >= 4 is 11.9 Å². The normalized spacial score (nSPS) is 17.8. The third-order valence-corrected chi connectivity index (χ3v) is 3.34. The zero-order chi connectivity index (χ0) is 13.5. The van der Waals surface area contributed by atoms with Gasteiger partial charge in [-0.3, -0.25) is 4.79 Å². The van der Waals surface area contributed by atoms with Crippen molar-refractivity contribution in [1.82, 2.24) is 10.6 Å². The van der Waals surface area contributed by atoms with Crippen LogP contribution in [0.25, 0.3) is 0 Å². The molecule has 0 aromatic carbocycles. The van der Waals surface area contributed by atoms with Crippen LogP contribution in [0.15, 0.2) is 0 Å². The van der Waals surface area contributed by atoms with Crippen LogP contribution in [0, 0.1) is 5.92 Å². The van der Waals surface area contributed by atoms with E-state index < -0.39 is 6.04 Å². The van der Waals surface area contributed by atoms with E-state index in [0.29, 0.717) is 6.04 Å². The summed E-state index contributed by atoms with van der Waals surface area (Å²) < 4.78 is 4.68. The topological polar surface area (TPSA) is 67.4 Å². The predicted molar refractivity (Wildman–Crippen MR) is 69.0 cm³/mol. The molecule has 1 aliphatic rings. The van der Waals surface area contributed by atoms with Crippen molar-refractivity contribution in [3.05, 3.63) is 0 Å². The van der Waals surface area contributed by atoms with Gasteiger partial charge in [0.15, 0.2) is 0 Å². The van der Waals surface area contributed by atoms with Crippen LogP contribution in [0.1, 0.15) is 39.5 Å². The van der Waals surface area contributed by atoms with Crippen LogP contribution in [0.4, 0.5) is 0 Å². The highest BCUT2D eigenvalue weighted by molar-refractivity contribution is 5.85. The Morgan fingerprint density at radius 3 is 2.39 bits per heavy atom. The summed E-state index contributed by atoms with van der Waals surface area (Å²) in [7, 11) is 1.33. The minimum absolute atomic E-state index is 0.0212. The van der Waals surface area contributed by atoms with Gasteiger partial charge in [0.1, 0.15) is 6.04 Å². The van der Waals surface area contributed by atoms with Gasteiger partial charge < -0.3 is 15.4 Å². The summed E-state index contributed by atoms with van der Waals surface area (Å²) in [4.78, 5) is 23.2. The summed E-state index contributed by atoms with van der Waals surface area (Å²) in [6, 6.07) is -0.112. The molecule has 1 amide bonds. The van der Waals surface area contributed by atoms with Gasteiger partial charge in [-0.15, -0.1) is 0 Å². The van der Waals surface area contributed by atoms with Gasteiger partial charge in [-0.25, -0.2) is 4.79 Å². The Kier molecular flexibility index (Phi) is 6.12. The number of carbonyl (C=O) groups is 2. The van der Waals surface area contributed by atoms with Crippen LogP contribution in [0.2, 0.25) is 0 Å². The summed E-state index contributed by atoms with van der Waals surface area (Å²) in [5, 5.41) is 5.93. The third-order valence-electron chi connectivity index (χ3n) is 3.34. The molecule has 5 nitrogen and oxygen atoms in total. The number of methoxy groups -OCH3 is 1. The molecule has 0 unspecified atom stereocenters. The van der Waals surface area contributed by atoms with E-state index in [0.717, 1.165) is 12.8 Å². The molecule has 0 spiro atoms. The SMILES string of the molecule is COC(=O)[C@@H](NC(=O)CNC1CCCC1)C(C)C. The maximum Gasteiger partial charge on any atom is 0.328 e. The van der Waals surface area contributed by atoms with Gasteiger partial charge >= 0.3 is 5.97 Å². The Morgan fingerprint density at radius 2 is 1.89 bits per heavy atom. The largest absolute Gasteiger partial charge is 0.467 e. The molecule has 0 aromatic rings. The van der Waals surface area contributed by atoms with Crippen molar-refractivity contribution in [2.45, 2.75) is 51.6 Å². The van der Waals surface area contributed by atoms with Crippen molar-refractivity contribution in [3.8, 4) is 0 Å². The fourth-order valence-electron chi connectivity index (χ4n) is 2.22. The van der Waals surface area contributed by atoms with Gasteiger partial charge in [-0.2, -0.15) is 0 Å². The standard InChI is InChI=1S/C13H24N2O3/c1-9(2)12(13(17)18-3)15-11(16)8-14-10-6-4-5-7-10/h9-10,12,14H,4-8H2,1-3H3,(H,15,16)/t12-/m0/s1. The first-order valence-electron chi connectivity index (χ1n) is 6.65. The number of carbonyl (C=O) groups excluding carboxylic acids is 2. The van der Waals surface area contributed by atoms with Gasteiger partial charge in [0.25, 0.3) is 0 Å². The lowest BCUT2D eigenvalue weighted by molar-refractivity contribution is -0.146. The van der Waals surface area contributed by atoms with Crippen LogP contribution < -0.4 is 10.6 Å². The number of amides is 1. The van der Waals surface area contributed by atoms with Gasteiger partial charge in [-0.05, 0) is 18.8 Å². The van der Waals surface area contributed by atoms with E-state index in [1.54, 1.807) is 0 Å². The van der Waals surface area contributed by atoms with Crippen molar-refractivity contribution in [2.75, 3.05) is 13.7 Å². The average molecular weight is 256 g/mol. The maximum atomic E-state index is 11.8. The van der Waals surface area contributed by atoms with Crippen molar-refractivity contribution in [1.29, 1.82) is 0 Å². The molecule has 2 N–H and O–H groups in total. The van der Waals surface area contributed by atoms with E-state index in [1.807, 2.05) is 13.8 Å². The number of nitrogens with one attached hydrogen (secondary N) is 2. The van der Waals surface area contributed by atoms with E-state index in [1.165, 1.54) is 20.0 Å². The molecule has 0 bridgehead atoms. The Balaban J connectivity index is 2.33. The molecule has 104 valence electrons. The number of hydrogen-bond acceptors (Lipinski definition) is 4. The first-order chi connectivity index (χ1) is 8.54. The minimum atomic E-state index is -0.562. The van der Waals surface area contributed by atoms with Crippen molar-refractivity contribution in [2.24, 2.45) is 5.92 Å². The van der Waals surface area contributed by atoms with Crippen molar-refractivity contribution in [3.63, 3.8) is 0 Å². The molecular formula is C13H24N2O3. The zero-order valence-electron chi connectivity index (χ0n) is 11.5. The molecule has 1 saturated carbocycles. The Labute approximate surface area is 109 Å². The lowest BCUT2D eigenvalue weighted by Crippen LogP contribution is -2.48. The number of hydrogen-bond donors (Lipinski definition) is 2. The Morgan fingerprint density at radius 1 is 1.28 bits per heavy atom. The molecule has 1 atom stereocenters. The van der Waals surface area contributed by atoms with Crippen LogP contribution in [0.5, 0.6) is 0 Å². The second-order valence-corrected chi connectivity index (χ2v) is 5.17. The van der Waals surface area contributed by atoms with Gasteiger partial charge in [-0.1, -0.05) is 26.7 Å². The fraction of sp³-hybridized carbons (Fsp3) is 0.846. The zero-order valence-corrected chi connectivity index (χ0v) is 11.5.